The van der Waals surface area contributed by atoms with E-state index in [1.165, 1.54) is 11.1 Å². The number of aryl methyl sites for hydroxylation is 1. The third kappa shape index (κ3) is 4.19. The van der Waals surface area contributed by atoms with E-state index in [2.05, 4.69) is 47.4 Å². The van der Waals surface area contributed by atoms with Crippen LogP contribution in [0.1, 0.15) is 18.1 Å². The molecule has 2 rings (SSSR count). The molecule has 0 amide bonds. The number of nitrogens with two attached hydrogens (primary N) is 1. The second kappa shape index (κ2) is 7.07. The van der Waals surface area contributed by atoms with E-state index in [1.807, 2.05) is 16.9 Å². The molecule has 0 saturated carbocycles. The van der Waals surface area contributed by atoms with Gasteiger partial charge in [-0.25, -0.2) is 0 Å². The van der Waals surface area contributed by atoms with Crippen molar-refractivity contribution >= 4 is 0 Å². The van der Waals surface area contributed by atoms with Gasteiger partial charge in [-0.15, -0.1) is 0 Å². The van der Waals surface area contributed by atoms with Gasteiger partial charge >= 0.3 is 0 Å². The number of nitrogens with zero attached hydrogens (tertiary/aromatic N) is 3. The summed E-state index contributed by atoms with van der Waals surface area (Å²) in [5.74, 6) is 0. The summed E-state index contributed by atoms with van der Waals surface area (Å²) in [4.78, 5) is 2.35. The van der Waals surface area contributed by atoms with Crippen LogP contribution in [0.5, 0.6) is 0 Å². The Kier molecular flexibility index (Phi) is 5.12. The highest BCUT2D eigenvalue weighted by Crippen LogP contribution is 2.09. The fourth-order valence-electron chi connectivity index (χ4n) is 2.16. The predicted molar refractivity (Wildman–Crippen MR) is 77.5 cm³/mol. The molecule has 0 saturated heterocycles. The molecule has 2 aromatic rings. The van der Waals surface area contributed by atoms with Gasteiger partial charge in [-0.1, -0.05) is 30.3 Å². The Bertz CT molecular complexity index is 478. The Morgan fingerprint density at radius 2 is 1.89 bits per heavy atom. The minimum Gasteiger partial charge on any atom is -0.329 e. The number of rotatable bonds is 7. The highest BCUT2D eigenvalue weighted by atomic mass is 15.3. The SMILES string of the molecule is CCn1cc(CN(CCN)Cc2ccccc2)cn1. The first-order valence-electron chi connectivity index (χ1n) is 6.79. The van der Waals surface area contributed by atoms with Crippen molar-refractivity contribution in [1.82, 2.24) is 14.7 Å². The van der Waals surface area contributed by atoms with Gasteiger partial charge in [0.15, 0.2) is 0 Å². The Hall–Kier alpha value is -1.65. The summed E-state index contributed by atoms with van der Waals surface area (Å²) < 4.78 is 1.96. The largest absolute Gasteiger partial charge is 0.329 e. The molecule has 1 aromatic heterocycles. The molecule has 1 heterocycles. The van der Waals surface area contributed by atoms with Crippen molar-refractivity contribution in [1.29, 1.82) is 0 Å². The van der Waals surface area contributed by atoms with Crippen LogP contribution in [0.25, 0.3) is 0 Å². The minimum atomic E-state index is 0.675. The van der Waals surface area contributed by atoms with Crippen molar-refractivity contribution in [3.8, 4) is 0 Å². The summed E-state index contributed by atoms with van der Waals surface area (Å²) in [5, 5.41) is 4.31. The van der Waals surface area contributed by atoms with E-state index in [4.69, 9.17) is 5.73 Å². The van der Waals surface area contributed by atoms with Gasteiger partial charge in [-0.05, 0) is 12.5 Å². The van der Waals surface area contributed by atoms with E-state index < -0.39 is 0 Å². The molecule has 0 aliphatic carbocycles. The third-order valence-corrected chi connectivity index (χ3v) is 3.11. The van der Waals surface area contributed by atoms with Gasteiger partial charge in [0, 0.05) is 44.5 Å². The number of hydrogen-bond donors (Lipinski definition) is 1. The van der Waals surface area contributed by atoms with E-state index in [9.17, 15) is 0 Å². The average Bonchev–Trinajstić information content (AvgIpc) is 2.88. The van der Waals surface area contributed by atoms with Gasteiger partial charge in [-0.2, -0.15) is 5.10 Å². The fraction of sp³-hybridized carbons (Fsp3) is 0.400. The molecule has 1 aromatic carbocycles. The highest BCUT2D eigenvalue weighted by molar-refractivity contribution is 5.15. The van der Waals surface area contributed by atoms with Crippen LogP contribution < -0.4 is 5.73 Å². The molecule has 19 heavy (non-hydrogen) atoms. The number of benzene rings is 1. The number of aromatic nitrogens is 2. The lowest BCUT2D eigenvalue weighted by atomic mass is 10.2. The van der Waals surface area contributed by atoms with Crippen LogP contribution in [-0.4, -0.2) is 27.8 Å². The molecular weight excluding hydrogens is 236 g/mol. The molecule has 0 unspecified atom stereocenters. The van der Waals surface area contributed by atoms with Gasteiger partial charge in [0.2, 0.25) is 0 Å². The van der Waals surface area contributed by atoms with E-state index in [-0.39, 0.29) is 0 Å². The van der Waals surface area contributed by atoms with Crippen LogP contribution in [0.3, 0.4) is 0 Å². The molecule has 4 nitrogen and oxygen atoms in total. The van der Waals surface area contributed by atoms with Crippen LogP contribution >= 0.6 is 0 Å². The Morgan fingerprint density at radius 3 is 2.53 bits per heavy atom. The van der Waals surface area contributed by atoms with E-state index in [0.29, 0.717) is 6.54 Å². The van der Waals surface area contributed by atoms with E-state index >= 15 is 0 Å². The lowest BCUT2D eigenvalue weighted by Crippen LogP contribution is -2.28. The summed E-state index contributed by atoms with van der Waals surface area (Å²) in [6.07, 6.45) is 4.05. The van der Waals surface area contributed by atoms with Crippen molar-refractivity contribution in [3.63, 3.8) is 0 Å². The lowest BCUT2D eigenvalue weighted by molar-refractivity contribution is 0.264. The smallest absolute Gasteiger partial charge is 0.0534 e. The molecule has 0 fully saturated rings. The second-order valence-electron chi connectivity index (χ2n) is 4.69. The predicted octanol–water partition coefficient (Wildman–Crippen LogP) is 1.86. The number of hydrogen-bond acceptors (Lipinski definition) is 3. The van der Waals surface area contributed by atoms with Crippen LogP contribution in [0, 0.1) is 0 Å². The standard InChI is InChI=1S/C15H22N4/c1-2-19-13-15(10-17-19)12-18(9-8-16)11-14-6-4-3-5-7-14/h3-7,10,13H,2,8-9,11-12,16H2,1H3. The van der Waals surface area contributed by atoms with Crippen LogP contribution in [0.4, 0.5) is 0 Å². The molecule has 4 heteroatoms. The third-order valence-electron chi connectivity index (χ3n) is 3.11. The Labute approximate surface area is 114 Å². The summed E-state index contributed by atoms with van der Waals surface area (Å²) in [5.41, 5.74) is 8.27. The molecule has 0 bridgehead atoms. The molecule has 0 atom stereocenters. The topological polar surface area (TPSA) is 47.1 Å². The van der Waals surface area contributed by atoms with E-state index in [1.54, 1.807) is 0 Å². The molecule has 0 aliphatic heterocycles. The Balaban J connectivity index is 1.99. The second-order valence-corrected chi connectivity index (χ2v) is 4.69. The molecular formula is C15H22N4. The summed E-state index contributed by atoms with van der Waals surface area (Å²) in [6, 6.07) is 10.5. The normalized spacial score (nSPS) is 11.1. The average molecular weight is 258 g/mol. The zero-order valence-corrected chi connectivity index (χ0v) is 11.5. The van der Waals surface area contributed by atoms with Gasteiger partial charge in [0.1, 0.15) is 0 Å². The van der Waals surface area contributed by atoms with Crippen molar-refractivity contribution in [3.05, 3.63) is 53.9 Å². The first-order chi connectivity index (χ1) is 9.31. The summed E-state index contributed by atoms with van der Waals surface area (Å²) in [7, 11) is 0. The quantitative estimate of drug-likeness (QED) is 0.824. The molecule has 2 N–H and O–H groups in total. The minimum absolute atomic E-state index is 0.675. The molecule has 0 spiro atoms. The first kappa shape index (κ1) is 13.8. The first-order valence-corrected chi connectivity index (χ1v) is 6.79. The van der Waals surface area contributed by atoms with Gasteiger partial charge < -0.3 is 5.73 Å². The zero-order valence-electron chi connectivity index (χ0n) is 11.5. The van der Waals surface area contributed by atoms with Crippen LogP contribution in [-0.2, 0) is 19.6 Å². The molecule has 0 aliphatic rings. The van der Waals surface area contributed by atoms with E-state index in [0.717, 1.165) is 26.2 Å². The molecule has 102 valence electrons. The maximum absolute atomic E-state index is 5.71. The van der Waals surface area contributed by atoms with Crippen LogP contribution in [0.2, 0.25) is 0 Å². The summed E-state index contributed by atoms with van der Waals surface area (Å²) in [6.45, 7) is 6.40. The fourth-order valence-corrected chi connectivity index (χ4v) is 2.16. The lowest BCUT2D eigenvalue weighted by Gasteiger charge is -2.20. The molecule has 0 radical (unpaired) electrons. The van der Waals surface area contributed by atoms with Crippen molar-refractivity contribution < 1.29 is 0 Å². The maximum Gasteiger partial charge on any atom is 0.0534 e. The van der Waals surface area contributed by atoms with Gasteiger partial charge in [-0.3, -0.25) is 9.58 Å². The van der Waals surface area contributed by atoms with Crippen molar-refractivity contribution in [2.24, 2.45) is 5.73 Å². The monoisotopic (exact) mass is 258 g/mol. The zero-order chi connectivity index (χ0) is 13.5. The van der Waals surface area contributed by atoms with Crippen molar-refractivity contribution in [2.45, 2.75) is 26.6 Å². The van der Waals surface area contributed by atoms with Crippen LogP contribution in [0.15, 0.2) is 42.7 Å². The van der Waals surface area contributed by atoms with Crippen molar-refractivity contribution in [2.75, 3.05) is 13.1 Å². The van der Waals surface area contributed by atoms with Gasteiger partial charge in [0.25, 0.3) is 0 Å². The maximum atomic E-state index is 5.71. The summed E-state index contributed by atoms with van der Waals surface area (Å²) >= 11 is 0. The highest BCUT2D eigenvalue weighted by Gasteiger charge is 2.07. The van der Waals surface area contributed by atoms with Gasteiger partial charge in [0.05, 0.1) is 6.20 Å². The Morgan fingerprint density at radius 1 is 1.16 bits per heavy atom.